The van der Waals surface area contributed by atoms with Crippen LogP contribution in [0.25, 0.3) is 0 Å². The van der Waals surface area contributed by atoms with Crippen molar-refractivity contribution < 1.29 is 18.7 Å². The van der Waals surface area contributed by atoms with Crippen LogP contribution in [0, 0.1) is 5.41 Å². The van der Waals surface area contributed by atoms with E-state index in [0.717, 1.165) is 26.2 Å². The van der Waals surface area contributed by atoms with Gasteiger partial charge in [-0.1, -0.05) is 42.1 Å². The maximum Gasteiger partial charge on any atom is 0.290 e. The molecule has 3 heterocycles. The highest BCUT2D eigenvalue weighted by atomic mass is 32.2. The normalized spacial score (nSPS) is 22.6. The third kappa shape index (κ3) is 5.84. The minimum atomic E-state index is -2.44. The molecule has 1 saturated carbocycles. The first-order chi connectivity index (χ1) is 16.4. The van der Waals surface area contributed by atoms with Gasteiger partial charge in [0.05, 0.1) is 0 Å². The topological polar surface area (TPSA) is 72.8 Å². The molecular weight excluding hydrogens is 460 g/mol. The van der Waals surface area contributed by atoms with Crippen LogP contribution in [0.4, 0.5) is 14.7 Å². The Hall–Kier alpha value is -2.30. The van der Waals surface area contributed by atoms with Gasteiger partial charge < -0.3 is 10.0 Å². The number of rotatable bonds is 6. The summed E-state index contributed by atoms with van der Waals surface area (Å²) in [5.74, 6) is -1.80. The van der Waals surface area contributed by atoms with Gasteiger partial charge in [-0.2, -0.15) is 8.78 Å². The van der Waals surface area contributed by atoms with Crippen LogP contribution < -0.4 is 4.90 Å². The number of carbonyl (C=O) groups is 1. The Morgan fingerprint density at radius 3 is 2.41 bits per heavy atom. The SMILES string of the molecule is CC1CN(C2CC3(C2)CN(Cc2ccccc2)C3)CCN1c1ncc(SC(F)F)cn1.O=CO. The second-order valence-corrected chi connectivity index (χ2v) is 10.5. The van der Waals surface area contributed by atoms with E-state index in [1.165, 1.54) is 43.9 Å². The number of carboxylic acid groups (broad SMARTS) is 1. The smallest absolute Gasteiger partial charge is 0.290 e. The van der Waals surface area contributed by atoms with Crippen LogP contribution in [0.1, 0.15) is 25.3 Å². The van der Waals surface area contributed by atoms with E-state index in [0.29, 0.717) is 40.1 Å². The van der Waals surface area contributed by atoms with Crippen LogP contribution in [0.2, 0.25) is 0 Å². The van der Waals surface area contributed by atoms with Gasteiger partial charge in [0, 0.05) is 68.6 Å². The number of benzene rings is 1. The molecule has 5 rings (SSSR count). The van der Waals surface area contributed by atoms with E-state index in [-0.39, 0.29) is 6.47 Å². The molecule has 1 aromatic carbocycles. The second-order valence-electron chi connectivity index (χ2n) is 9.43. The molecule has 0 radical (unpaired) electrons. The molecule has 3 aliphatic rings. The Morgan fingerprint density at radius 2 is 1.82 bits per heavy atom. The molecule has 0 bridgehead atoms. The molecule has 1 N–H and O–H groups in total. The quantitative estimate of drug-likeness (QED) is 0.485. The Bertz CT molecular complexity index is 923. The van der Waals surface area contributed by atoms with E-state index in [9.17, 15) is 8.78 Å². The Kier molecular flexibility index (Phi) is 8.00. The Morgan fingerprint density at radius 1 is 1.18 bits per heavy atom. The highest BCUT2D eigenvalue weighted by Gasteiger charge is 2.53. The molecule has 1 aliphatic carbocycles. The van der Waals surface area contributed by atoms with Crippen molar-refractivity contribution in [3.05, 3.63) is 48.3 Å². The number of halogens is 2. The van der Waals surface area contributed by atoms with Gasteiger partial charge in [-0.3, -0.25) is 14.6 Å². The predicted octanol–water partition coefficient (Wildman–Crippen LogP) is 3.67. The largest absolute Gasteiger partial charge is 0.483 e. The Labute approximate surface area is 203 Å². The van der Waals surface area contributed by atoms with E-state index < -0.39 is 5.76 Å². The highest BCUT2D eigenvalue weighted by molar-refractivity contribution is 7.99. The summed E-state index contributed by atoms with van der Waals surface area (Å²) >= 11 is 0.489. The van der Waals surface area contributed by atoms with Crippen LogP contribution in [0.15, 0.2) is 47.6 Å². The van der Waals surface area contributed by atoms with Crippen LogP contribution in [0.5, 0.6) is 0 Å². The third-order valence-electron chi connectivity index (χ3n) is 6.98. The monoisotopic (exact) mass is 491 g/mol. The van der Waals surface area contributed by atoms with Crippen LogP contribution in [-0.4, -0.2) is 81.9 Å². The van der Waals surface area contributed by atoms with Crippen molar-refractivity contribution in [1.82, 2.24) is 19.8 Å². The van der Waals surface area contributed by atoms with Crippen molar-refractivity contribution in [2.45, 2.75) is 49.0 Å². The fourth-order valence-electron chi connectivity index (χ4n) is 5.55. The van der Waals surface area contributed by atoms with Gasteiger partial charge in [-0.25, -0.2) is 9.97 Å². The fourth-order valence-corrected chi connectivity index (χ4v) is 5.98. The first-order valence-electron chi connectivity index (χ1n) is 11.5. The molecular formula is C24H31F2N5O2S. The van der Waals surface area contributed by atoms with Gasteiger partial charge >= 0.3 is 0 Å². The molecule has 184 valence electrons. The van der Waals surface area contributed by atoms with Gasteiger partial charge in [0.15, 0.2) is 0 Å². The number of anilines is 1. The van der Waals surface area contributed by atoms with Gasteiger partial charge in [-0.05, 0) is 30.7 Å². The predicted molar refractivity (Wildman–Crippen MR) is 128 cm³/mol. The van der Waals surface area contributed by atoms with E-state index in [1.54, 1.807) is 0 Å². The van der Waals surface area contributed by atoms with E-state index in [2.05, 4.69) is 61.9 Å². The van der Waals surface area contributed by atoms with Gasteiger partial charge in [0.2, 0.25) is 5.95 Å². The average Bonchev–Trinajstić information content (AvgIpc) is 2.76. The van der Waals surface area contributed by atoms with Crippen molar-refractivity contribution >= 4 is 24.2 Å². The summed E-state index contributed by atoms with van der Waals surface area (Å²) in [7, 11) is 0. The van der Waals surface area contributed by atoms with E-state index in [4.69, 9.17) is 9.90 Å². The maximum atomic E-state index is 12.5. The summed E-state index contributed by atoms with van der Waals surface area (Å²) in [4.78, 5) is 24.8. The maximum absolute atomic E-state index is 12.5. The molecule has 2 saturated heterocycles. The third-order valence-corrected chi connectivity index (χ3v) is 7.64. The molecule has 34 heavy (non-hydrogen) atoms. The fraction of sp³-hybridized carbons (Fsp3) is 0.542. The van der Waals surface area contributed by atoms with E-state index >= 15 is 0 Å². The molecule has 0 amide bonds. The first-order valence-corrected chi connectivity index (χ1v) is 12.4. The Balaban J connectivity index is 0.000000868. The minimum absolute atomic E-state index is 0.250. The number of piperazine rings is 1. The lowest BCUT2D eigenvalue weighted by atomic mass is 9.60. The number of thioether (sulfide) groups is 1. The zero-order valence-electron chi connectivity index (χ0n) is 19.3. The van der Waals surface area contributed by atoms with Gasteiger partial charge in [0.1, 0.15) is 0 Å². The zero-order chi connectivity index (χ0) is 24.1. The summed E-state index contributed by atoms with van der Waals surface area (Å²) in [5.41, 5.74) is 1.95. The molecule has 2 aliphatic heterocycles. The van der Waals surface area contributed by atoms with Crippen molar-refractivity contribution in [1.29, 1.82) is 0 Å². The number of alkyl halides is 2. The number of hydrogen-bond donors (Lipinski definition) is 1. The van der Waals surface area contributed by atoms with E-state index in [1.807, 2.05) is 0 Å². The zero-order valence-corrected chi connectivity index (χ0v) is 20.1. The van der Waals surface area contributed by atoms with Crippen molar-refractivity contribution in [2.75, 3.05) is 37.6 Å². The molecule has 1 unspecified atom stereocenters. The standard InChI is InChI=1S/C23H29F2N5S.CH2O2/c1-17-13-29(7-8-30(17)22-26-11-20(12-27-22)31-21(24)25)19-9-23(10-19)15-28(16-23)14-18-5-3-2-4-6-18;2-1-3/h2-6,11-12,17,19,21H,7-10,13-16H2,1H3;1H,(H,2,3). The summed E-state index contributed by atoms with van der Waals surface area (Å²) in [6.07, 6.45) is 5.62. The molecule has 7 nitrogen and oxygen atoms in total. The van der Waals surface area contributed by atoms with Gasteiger partial charge in [0.25, 0.3) is 12.2 Å². The molecule has 3 fully saturated rings. The van der Waals surface area contributed by atoms with Crippen molar-refractivity contribution in [3.63, 3.8) is 0 Å². The van der Waals surface area contributed by atoms with Gasteiger partial charge in [-0.15, -0.1) is 0 Å². The number of nitrogens with zero attached hydrogens (tertiary/aromatic N) is 5. The average molecular weight is 492 g/mol. The summed E-state index contributed by atoms with van der Waals surface area (Å²) in [5, 5.41) is 6.89. The first kappa shape index (κ1) is 24.8. The van der Waals surface area contributed by atoms with Crippen molar-refractivity contribution in [2.24, 2.45) is 5.41 Å². The van der Waals surface area contributed by atoms with Crippen LogP contribution in [-0.2, 0) is 11.3 Å². The molecule has 10 heteroatoms. The van der Waals surface area contributed by atoms with Crippen LogP contribution >= 0.6 is 11.8 Å². The summed E-state index contributed by atoms with van der Waals surface area (Å²) in [6, 6.07) is 11.7. The lowest BCUT2D eigenvalue weighted by Crippen LogP contribution is -2.68. The van der Waals surface area contributed by atoms with Crippen LogP contribution in [0.3, 0.4) is 0 Å². The second kappa shape index (κ2) is 11.0. The number of likely N-dealkylation sites (tertiary alicyclic amines) is 1. The summed E-state index contributed by atoms with van der Waals surface area (Å²) < 4.78 is 25.0. The molecule has 1 aromatic heterocycles. The molecule has 1 atom stereocenters. The summed E-state index contributed by atoms with van der Waals surface area (Å²) in [6.45, 7) is 8.37. The minimum Gasteiger partial charge on any atom is -0.483 e. The van der Waals surface area contributed by atoms with Crippen molar-refractivity contribution in [3.8, 4) is 0 Å². The lowest BCUT2D eigenvalue weighted by Gasteiger charge is -2.62. The molecule has 1 spiro atoms. The number of hydrogen-bond acceptors (Lipinski definition) is 7. The number of aromatic nitrogens is 2. The molecule has 2 aromatic rings. The lowest BCUT2D eigenvalue weighted by molar-refractivity contribution is -0.122. The highest BCUT2D eigenvalue weighted by Crippen LogP contribution is 2.50.